The van der Waals surface area contributed by atoms with E-state index in [0.29, 0.717) is 19.4 Å². The lowest BCUT2D eigenvalue weighted by Gasteiger charge is -2.42. The average molecular weight is 506 g/mol. The van der Waals surface area contributed by atoms with Crippen molar-refractivity contribution in [1.82, 2.24) is 9.88 Å². The molecule has 0 radical (unpaired) electrons. The standard InChI is InChI=1S/C31H43N3O3/c1-22(36)29(37)34(17-6-7-20-35)24-13-18-33(19-14-24)28-10-8-9-27(32-28)23-11-12-25-26(21-23)31(4,5)16-15-30(25,2)3/h8-12,21,24,35H,6-7,13-20H2,1-5H3. The minimum atomic E-state index is -0.419. The van der Waals surface area contributed by atoms with Crippen LogP contribution in [0.25, 0.3) is 11.3 Å². The quantitative estimate of drug-likeness (QED) is 0.392. The van der Waals surface area contributed by atoms with E-state index in [9.17, 15) is 9.59 Å². The lowest BCUT2D eigenvalue weighted by Crippen LogP contribution is -2.49. The van der Waals surface area contributed by atoms with Crippen molar-refractivity contribution >= 4 is 17.5 Å². The summed E-state index contributed by atoms with van der Waals surface area (Å²) >= 11 is 0. The van der Waals surface area contributed by atoms with Crippen molar-refractivity contribution < 1.29 is 14.7 Å². The van der Waals surface area contributed by atoms with Gasteiger partial charge in [-0.05, 0) is 78.7 Å². The van der Waals surface area contributed by atoms with Gasteiger partial charge in [0.1, 0.15) is 5.82 Å². The number of carbonyl (C=O) groups excluding carboxylic acids is 2. The van der Waals surface area contributed by atoms with E-state index in [4.69, 9.17) is 10.1 Å². The van der Waals surface area contributed by atoms with Crippen LogP contribution in [0.4, 0.5) is 5.82 Å². The number of piperidine rings is 1. The van der Waals surface area contributed by atoms with Gasteiger partial charge in [-0.15, -0.1) is 0 Å². The van der Waals surface area contributed by atoms with Crippen LogP contribution >= 0.6 is 0 Å². The van der Waals surface area contributed by atoms with Gasteiger partial charge in [-0.1, -0.05) is 45.9 Å². The Morgan fingerprint density at radius 2 is 1.68 bits per heavy atom. The van der Waals surface area contributed by atoms with Gasteiger partial charge < -0.3 is 14.9 Å². The van der Waals surface area contributed by atoms with Crippen molar-refractivity contribution in [1.29, 1.82) is 0 Å². The molecule has 1 saturated heterocycles. The summed E-state index contributed by atoms with van der Waals surface area (Å²) in [5, 5.41) is 9.13. The summed E-state index contributed by atoms with van der Waals surface area (Å²) in [6.07, 6.45) is 5.32. The molecule has 2 aromatic rings. The highest BCUT2D eigenvalue weighted by atomic mass is 16.3. The first-order valence-electron chi connectivity index (χ1n) is 13.8. The molecule has 0 saturated carbocycles. The van der Waals surface area contributed by atoms with Gasteiger partial charge in [-0.2, -0.15) is 0 Å². The van der Waals surface area contributed by atoms with Gasteiger partial charge in [0.25, 0.3) is 5.91 Å². The van der Waals surface area contributed by atoms with Crippen LogP contribution in [0.15, 0.2) is 36.4 Å². The number of aliphatic hydroxyl groups is 1. The molecule has 6 heteroatoms. The number of rotatable bonds is 8. The number of Topliss-reactive ketones (excluding diaryl/α,β-unsaturated/α-hetero) is 1. The predicted octanol–water partition coefficient (Wildman–Crippen LogP) is 5.26. The molecule has 1 aromatic carbocycles. The molecule has 1 aliphatic heterocycles. The van der Waals surface area contributed by atoms with Gasteiger partial charge in [0.05, 0.1) is 5.69 Å². The molecular formula is C31H43N3O3. The zero-order chi connectivity index (χ0) is 26.8. The maximum Gasteiger partial charge on any atom is 0.289 e. The Balaban J connectivity index is 1.50. The molecule has 1 aromatic heterocycles. The van der Waals surface area contributed by atoms with Gasteiger partial charge in [0, 0.05) is 44.8 Å². The van der Waals surface area contributed by atoms with Gasteiger partial charge in [0.15, 0.2) is 0 Å². The highest BCUT2D eigenvalue weighted by Gasteiger charge is 2.37. The van der Waals surface area contributed by atoms with E-state index in [1.165, 1.54) is 30.9 Å². The number of hydrogen-bond acceptors (Lipinski definition) is 5. The second-order valence-corrected chi connectivity index (χ2v) is 12.1. The summed E-state index contributed by atoms with van der Waals surface area (Å²) in [5.74, 6) is 0.130. The summed E-state index contributed by atoms with van der Waals surface area (Å²) in [6, 6.07) is 13.2. The molecule has 37 heavy (non-hydrogen) atoms. The molecule has 2 heterocycles. The van der Waals surface area contributed by atoms with Crippen LogP contribution in [0, 0.1) is 0 Å². The monoisotopic (exact) mass is 505 g/mol. The van der Waals surface area contributed by atoms with Crippen molar-refractivity contribution in [2.75, 3.05) is 31.1 Å². The van der Waals surface area contributed by atoms with Gasteiger partial charge in [-0.25, -0.2) is 4.98 Å². The van der Waals surface area contributed by atoms with E-state index >= 15 is 0 Å². The predicted molar refractivity (Wildman–Crippen MR) is 149 cm³/mol. The van der Waals surface area contributed by atoms with Crippen molar-refractivity contribution in [3.8, 4) is 11.3 Å². The topological polar surface area (TPSA) is 73.7 Å². The van der Waals surface area contributed by atoms with Crippen molar-refractivity contribution in [3.05, 3.63) is 47.5 Å². The molecule has 2 aliphatic rings. The zero-order valence-electron chi connectivity index (χ0n) is 23.2. The number of amides is 1. The van der Waals surface area contributed by atoms with Crippen LogP contribution in [0.5, 0.6) is 0 Å². The maximum absolute atomic E-state index is 12.6. The third-order valence-electron chi connectivity index (χ3n) is 8.48. The van der Waals surface area contributed by atoms with Crippen LogP contribution in [-0.4, -0.2) is 59.0 Å². The second kappa shape index (κ2) is 10.9. The molecule has 4 rings (SSSR count). The molecular weight excluding hydrogens is 462 g/mol. The number of hydrogen-bond donors (Lipinski definition) is 1. The third kappa shape index (κ3) is 5.90. The maximum atomic E-state index is 12.6. The van der Waals surface area contributed by atoms with Gasteiger partial charge >= 0.3 is 0 Å². The summed E-state index contributed by atoms with van der Waals surface area (Å²) in [4.78, 5) is 33.5. The fourth-order valence-corrected chi connectivity index (χ4v) is 5.96. The second-order valence-electron chi connectivity index (χ2n) is 12.1. The highest BCUT2D eigenvalue weighted by molar-refractivity contribution is 6.35. The Morgan fingerprint density at radius 1 is 1.00 bits per heavy atom. The Hall–Kier alpha value is -2.73. The summed E-state index contributed by atoms with van der Waals surface area (Å²) in [5.41, 5.74) is 5.38. The van der Waals surface area contributed by atoms with Crippen molar-refractivity contribution in [2.45, 2.75) is 90.0 Å². The fraction of sp³-hybridized carbons (Fsp3) is 0.581. The number of carbonyl (C=O) groups is 2. The largest absolute Gasteiger partial charge is 0.396 e. The molecule has 6 nitrogen and oxygen atoms in total. The van der Waals surface area contributed by atoms with E-state index in [1.807, 2.05) is 0 Å². The highest BCUT2D eigenvalue weighted by Crippen LogP contribution is 2.46. The van der Waals surface area contributed by atoms with Crippen LogP contribution in [0.3, 0.4) is 0 Å². The van der Waals surface area contributed by atoms with E-state index in [1.54, 1.807) is 4.90 Å². The van der Waals surface area contributed by atoms with Crippen LogP contribution in [-0.2, 0) is 20.4 Å². The molecule has 200 valence electrons. The SMILES string of the molecule is CC(=O)C(=O)N(CCCCO)C1CCN(c2cccc(-c3ccc4c(c3)C(C)(C)CCC4(C)C)n2)CC1. The number of anilines is 1. The molecule has 0 atom stereocenters. The molecule has 1 amide bonds. The number of aromatic nitrogens is 1. The minimum absolute atomic E-state index is 0.0424. The number of fused-ring (bicyclic) bond motifs is 1. The smallest absolute Gasteiger partial charge is 0.289 e. The lowest BCUT2D eigenvalue weighted by molar-refractivity contribution is -0.145. The number of ketones is 1. The first-order chi connectivity index (χ1) is 17.5. The number of pyridine rings is 1. The first-order valence-corrected chi connectivity index (χ1v) is 13.8. The Bertz CT molecular complexity index is 1130. The van der Waals surface area contributed by atoms with E-state index in [0.717, 1.165) is 43.0 Å². The first kappa shape index (κ1) is 27.3. The van der Waals surface area contributed by atoms with Gasteiger partial charge in [0.2, 0.25) is 5.78 Å². The molecule has 1 N–H and O–H groups in total. The van der Waals surface area contributed by atoms with Crippen LogP contribution < -0.4 is 4.90 Å². The fourth-order valence-electron chi connectivity index (χ4n) is 5.96. The van der Waals surface area contributed by atoms with Gasteiger partial charge in [-0.3, -0.25) is 9.59 Å². The Morgan fingerprint density at radius 3 is 2.32 bits per heavy atom. The van der Waals surface area contributed by atoms with E-state index in [-0.39, 0.29) is 23.5 Å². The molecule has 0 bridgehead atoms. The van der Waals surface area contributed by atoms with Crippen LogP contribution in [0.2, 0.25) is 0 Å². The van der Waals surface area contributed by atoms with Crippen LogP contribution in [0.1, 0.15) is 84.3 Å². The number of nitrogens with zero attached hydrogens (tertiary/aromatic N) is 3. The van der Waals surface area contributed by atoms with E-state index in [2.05, 4.69) is 69.0 Å². The Kier molecular flexibility index (Phi) is 8.08. The van der Waals surface area contributed by atoms with Crippen molar-refractivity contribution in [2.24, 2.45) is 0 Å². The Labute approximate surface area is 222 Å². The summed E-state index contributed by atoms with van der Waals surface area (Å²) in [7, 11) is 0. The number of aliphatic hydroxyl groups excluding tert-OH is 1. The average Bonchev–Trinajstić information content (AvgIpc) is 2.89. The van der Waals surface area contributed by atoms with E-state index < -0.39 is 11.7 Å². The third-order valence-corrected chi connectivity index (χ3v) is 8.48. The number of benzene rings is 1. The molecule has 0 spiro atoms. The summed E-state index contributed by atoms with van der Waals surface area (Å²) in [6.45, 7) is 12.9. The molecule has 1 aliphatic carbocycles. The molecule has 1 fully saturated rings. The number of unbranched alkanes of at least 4 members (excludes halogenated alkanes) is 1. The lowest BCUT2D eigenvalue weighted by atomic mass is 9.63. The zero-order valence-corrected chi connectivity index (χ0v) is 23.2. The normalized spacial score (nSPS) is 18.8. The van der Waals surface area contributed by atoms with Crippen molar-refractivity contribution in [3.63, 3.8) is 0 Å². The summed E-state index contributed by atoms with van der Waals surface area (Å²) < 4.78 is 0. The minimum Gasteiger partial charge on any atom is -0.396 e. The molecule has 0 unspecified atom stereocenters.